The molecule has 0 radical (unpaired) electrons. The molecular formula is C19H16BrN3O6. The van der Waals surface area contributed by atoms with Crippen LogP contribution in [0.15, 0.2) is 46.6 Å². The number of carbonyl (C=O) groups excluding carboxylic acids is 2. The largest absolute Gasteiger partial charge is 0.493 e. The van der Waals surface area contributed by atoms with Gasteiger partial charge in [-0.15, -0.1) is 0 Å². The minimum absolute atomic E-state index is 0.0210. The Kier molecular flexibility index (Phi) is 5.83. The highest BCUT2D eigenvalue weighted by atomic mass is 79.9. The van der Waals surface area contributed by atoms with Gasteiger partial charge in [0.05, 0.1) is 16.5 Å². The van der Waals surface area contributed by atoms with E-state index in [4.69, 9.17) is 9.47 Å². The first-order valence-corrected chi connectivity index (χ1v) is 9.14. The Morgan fingerprint density at radius 2 is 2.03 bits per heavy atom. The maximum atomic E-state index is 12.0. The Labute approximate surface area is 174 Å². The predicted molar refractivity (Wildman–Crippen MR) is 107 cm³/mol. The molecule has 3 amide bonds. The minimum Gasteiger partial charge on any atom is -0.493 e. The first-order valence-electron chi connectivity index (χ1n) is 8.34. The maximum Gasteiger partial charge on any atom is 0.328 e. The first kappa shape index (κ1) is 20.3. The quantitative estimate of drug-likeness (QED) is 0.305. The molecule has 0 unspecified atom stereocenters. The van der Waals surface area contributed by atoms with Crippen molar-refractivity contribution in [1.29, 1.82) is 0 Å². The van der Waals surface area contributed by atoms with Gasteiger partial charge in [-0.1, -0.05) is 12.1 Å². The number of hydrogen-bond acceptors (Lipinski definition) is 6. The zero-order chi connectivity index (χ0) is 21.1. The molecule has 1 N–H and O–H groups in total. The third-order valence-corrected chi connectivity index (χ3v) is 4.74. The molecule has 1 aliphatic rings. The molecule has 0 spiro atoms. The van der Waals surface area contributed by atoms with Gasteiger partial charge in [0.15, 0.2) is 11.5 Å². The van der Waals surface area contributed by atoms with Gasteiger partial charge >= 0.3 is 6.03 Å². The number of carbonyl (C=O) groups is 2. The molecule has 10 heteroatoms. The summed E-state index contributed by atoms with van der Waals surface area (Å²) < 4.78 is 11.7. The van der Waals surface area contributed by atoms with Gasteiger partial charge < -0.3 is 14.8 Å². The third kappa shape index (κ3) is 4.37. The first-order chi connectivity index (χ1) is 13.8. The number of nitro benzene ring substituents is 1. The van der Waals surface area contributed by atoms with Crippen molar-refractivity contribution >= 4 is 39.6 Å². The lowest BCUT2D eigenvalue weighted by Gasteiger charge is -2.14. The van der Waals surface area contributed by atoms with Gasteiger partial charge in [-0.05, 0) is 45.3 Å². The van der Waals surface area contributed by atoms with Crippen LogP contribution >= 0.6 is 15.9 Å². The van der Waals surface area contributed by atoms with Crippen molar-refractivity contribution in [3.05, 3.63) is 67.8 Å². The van der Waals surface area contributed by atoms with E-state index in [9.17, 15) is 19.7 Å². The molecule has 29 heavy (non-hydrogen) atoms. The summed E-state index contributed by atoms with van der Waals surface area (Å²) in [6, 6.07) is 9.00. The molecule has 1 fully saturated rings. The fourth-order valence-electron chi connectivity index (χ4n) is 2.67. The summed E-state index contributed by atoms with van der Waals surface area (Å²) in [4.78, 5) is 35.0. The van der Waals surface area contributed by atoms with Gasteiger partial charge in [-0.2, -0.15) is 0 Å². The lowest BCUT2D eigenvalue weighted by Crippen LogP contribution is -2.25. The number of ether oxygens (including phenoxy) is 2. The third-order valence-electron chi connectivity index (χ3n) is 4.15. The summed E-state index contributed by atoms with van der Waals surface area (Å²) in [6.07, 6.45) is 1.53. The van der Waals surface area contributed by atoms with E-state index in [1.807, 2.05) is 0 Å². The molecule has 0 saturated carbocycles. The van der Waals surface area contributed by atoms with E-state index >= 15 is 0 Å². The molecule has 0 atom stereocenters. The molecule has 2 aromatic carbocycles. The van der Waals surface area contributed by atoms with Crippen LogP contribution in [-0.4, -0.2) is 35.9 Å². The van der Waals surface area contributed by atoms with Gasteiger partial charge in [0.2, 0.25) is 0 Å². The monoisotopic (exact) mass is 461 g/mol. The Morgan fingerprint density at radius 1 is 1.28 bits per heavy atom. The van der Waals surface area contributed by atoms with E-state index in [0.29, 0.717) is 27.1 Å². The van der Waals surface area contributed by atoms with E-state index in [2.05, 4.69) is 21.2 Å². The topological polar surface area (TPSA) is 111 Å². The van der Waals surface area contributed by atoms with Crippen molar-refractivity contribution in [3.63, 3.8) is 0 Å². The lowest BCUT2D eigenvalue weighted by atomic mass is 10.1. The summed E-state index contributed by atoms with van der Waals surface area (Å²) >= 11 is 3.41. The molecule has 1 aliphatic heterocycles. The summed E-state index contributed by atoms with van der Waals surface area (Å²) in [5.74, 6) is 0.359. The average Bonchev–Trinajstić information content (AvgIpc) is 2.93. The second-order valence-corrected chi connectivity index (χ2v) is 6.96. The maximum absolute atomic E-state index is 12.0. The number of nitrogens with one attached hydrogen (secondary N) is 1. The lowest BCUT2D eigenvalue weighted by molar-refractivity contribution is -0.384. The summed E-state index contributed by atoms with van der Waals surface area (Å²) in [6.45, 7) is 0.0937. The summed E-state index contributed by atoms with van der Waals surface area (Å²) in [5.41, 5.74) is 1.36. The fraction of sp³-hybridized carbons (Fsp3) is 0.158. The van der Waals surface area contributed by atoms with Crippen molar-refractivity contribution in [2.24, 2.45) is 0 Å². The van der Waals surface area contributed by atoms with Gasteiger partial charge in [-0.3, -0.25) is 19.8 Å². The average molecular weight is 462 g/mol. The molecule has 0 aliphatic carbocycles. The Balaban J connectivity index is 1.84. The number of imide groups is 1. The predicted octanol–water partition coefficient (Wildman–Crippen LogP) is 3.47. The molecular weight excluding hydrogens is 446 g/mol. The van der Waals surface area contributed by atoms with Gasteiger partial charge in [0, 0.05) is 19.2 Å². The number of nitrogens with zero attached hydrogens (tertiary/aromatic N) is 2. The van der Waals surface area contributed by atoms with Crippen molar-refractivity contribution in [1.82, 2.24) is 10.2 Å². The standard InChI is InChI=1S/C19H16BrN3O6/c1-22-18(24)15(21-19(22)25)8-12-7-14(20)17(16(9-12)28-2)29-10-11-4-3-5-13(6-11)23(26)27/h3-9H,10H2,1-2H3,(H,21,25)/b15-8+. The highest BCUT2D eigenvalue weighted by Crippen LogP contribution is 2.38. The van der Waals surface area contributed by atoms with Crippen LogP contribution < -0.4 is 14.8 Å². The van der Waals surface area contributed by atoms with E-state index in [1.165, 1.54) is 32.4 Å². The molecule has 3 rings (SSSR count). The Bertz CT molecular complexity index is 1040. The SMILES string of the molecule is COc1cc(/C=C2/NC(=O)N(C)C2=O)cc(Br)c1OCc1cccc([N+](=O)[O-])c1. The number of methoxy groups -OCH3 is 1. The van der Waals surface area contributed by atoms with Crippen molar-refractivity contribution in [3.8, 4) is 11.5 Å². The van der Waals surface area contributed by atoms with Crippen molar-refractivity contribution < 1.29 is 24.0 Å². The molecule has 1 saturated heterocycles. The van der Waals surface area contributed by atoms with E-state index < -0.39 is 16.9 Å². The summed E-state index contributed by atoms with van der Waals surface area (Å²) in [7, 11) is 2.86. The fourth-order valence-corrected chi connectivity index (χ4v) is 3.24. The van der Waals surface area contributed by atoms with Crippen LogP contribution in [0.1, 0.15) is 11.1 Å². The zero-order valence-corrected chi connectivity index (χ0v) is 17.1. The number of rotatable bonds is 6. The molecule has 2 aromatic rings. The number of amides is 3. The van der Waals surface area contributed by atoms with Crippen LogP contribution in [0.25, 0.3) is 6.08 Å². The van der Waals surface area contributed by atoms with Crippen LogP contribution in [0.3, 0.4) is 0 Å². The molecule has 9 nitrogen and oxygen atoms in total. The number of urea groups is 1. The highest BCUT2D eigenvalue weighted by molar-refractivity contribution is 9.10. The zero-order valence-electron chi connectivity index (χ0n) is 15.5. The van der Waals surface area contributed by atoms with E-state index in [0.717, 1.165) is 4.90 Å². The minimum atomic E-state index is -0.496. The van der Waals surface area contributed by atoms with Gasteiger partial charge in [0.1, 0.15) is 12.3 Å². The second kappa shape index (κ2) is 8.31. The van der Waals surface area contributed by atoms with E-state index in [1.54, 1.807) is 24.3 Å². The number of nitro groups is 1. The number of likely N-dealkylation sites (N-methyl/N-ethyl adjacent to an activating group) is 1. The van der Waals surface area contributed by atoms with E-state index in [-0.39, 0.29) is 18.0 Å². The van der Waals surface area contributed by atoms with Crippen molar-refractivity contribution in [2.75, 3.05) is 14.2 Å². The number of non-ortho nitro benzene ring substituents is 1. The van der Waals surface area contributed by atoms with Crippen LogP contribution in [0, 0.1) is 10.1 Å². The van der Waals surface area contributed by atoms with Crippen molar-refractivity contribution in [2.45, 2.75) is 6.61 Å². The molecule has 1 heterocycles. The molecule has 0 aromatic heterocycles. The van der Waals surface area contributed by atoms with Gasteiger partial charge in [-0.25, -0.2) is 4.79 Å². The smallest absolute Gasteiger partial charge is 0.328 e. The summed E-state index contributed by atoms with van der Waals surface area (Å²) in [5, 5.41) is 13.4. The normalized spacial score (nSPS) is 14.9. The van der Waals surface area contributed by atoms with Crippen LogP contribution in [0.2, 0.25) is 0 Å². The highest BCUT2D eigenvalue weighted by Gasteiger charge is 2.30. The number of hydrogen-bond donors (Lipinski definition) is 1. The molecule has 0 bridgehead atoms. The number of halogens is 1. The van der Waals surface area contributed by atoms with Crippen LogP contribution in [0.5, 0.6) is 11.5 Å². The number of benzene rings is 2. The Hall–Kier alpha value is -3.40. The van der Waals surface area contributed by atoms with Crippen LogP contribution in [0.4, 0.5) is 10.5 Å². The van der Waals surface area contributed by atoms with Crippen LogP contribution in [-0.2, 0) is 11.4 Å². The second-order valence-electron chi connectivity index (χ2n) is 6.10. The molecule has 150 valence electrons. The van der Waals surface area contributed by atoms with Gasteiger partial charge in [0.25, 0.3) is 11.6 Å². The Morgan fingerprint density at radius 3 is 2.66 bits per heavy atom.